The van der Waals surface area contributed by atoms with Crippen molar-refractivity contribution in [2.75, 3.05) is 0 Å². The summed E-state index contributed by atoms with van der Waals surface area (Å²) >= 11 is 0. The van der Waals surface area contributed by atoms with E-state index >= 15 is 0 Å². The first-order chi connectivity index (χ1) is 8.22. The fourth-order valence-electron chi connectivity index (χ4n) is 1.98. The molecule has 17 heavy (non-hydrogen) atoms. The summed E-state index contributed by atoms with van der Waals surface area (Å²) in [5.41, 5.74) is 4.85. The second-order valence-electron chi connectivity index (χ2n) is 4.48. The summed E-state index contributed by atoms with van der Waals surface area (Å²) in [7, 11) is 0. The number of hydrogen-bond acceptors (Lipinski definition) is 2. The lowest BCUT2D eigenvalue weighted by molar-refractivity contribution is 0.628. The van der Waals surface area contributed by atoms with E-state index in [0.717, 1.165) is 24.9 Å². The quantitative estimate of drug-likeness (QED) is 0.752. The van der Waals surface area contributed by atoms with Gasteiger partial charge in [-0.1, -0.05) is 0 Å². The Labute approximate surface area is 102 Å². The topological polar surface area (TPSA) is 41.6 Å². The van der Waals surface area contributed by atoms with Crippen LogP contribution < -0.4 is 0 Å². The molecule has 0 amide bonds. The zero-order chi connectivity index (χ0) is 12.3. The number of rotatable bonds is 4. The molecule has 2 aromatic rings. The van der Waals surface area contributed by atoms with Crippen LogP contribution >= 0.6 is 0 Å². The lowest BCUT2D eigenvalue weighted by atomic mass is 10.1. The maximum Gasteiger partial charge on any atom is 0.0958 e. The van der Waals surface area contributed by atoms with Gasteiger partial charge in [0.15, 0.2) is 0 Å². The Balaban J connectivity index is 2.18. The standard InChI is InChI=1S/C14H17N3/c1-11-8-13-14(9-12(11)2)17(10-16-13)7-5-3-4-6-15/h8-10H,3-5,7H2,1-2H3. The number of unbranched alkanes of at least 4 members (excludes halogenated alkanes) is 2. The van der Waals surface area contributed by atoms with E-state index < -0.39 is 0 Å². The molecule has 0 spiro atoms. The van der Waals surface area contributed by atoms with Gasteiger partial charge in [0, 0.05) is 13.0 Å². The van der Waals surface area contributed by atoms with Crippen molar-refractivity contribution in [2.45, 2.75) is 39.7 Å². The minimum atomic E-state index is 0.644. The van der Waals surface area contributed by atoms with E-state index in [-0.39, 0.29) is 0 Å². The molecule has 1 heterocycles. The molecule has 0 aliphatic carbocycles. The molecule has 3 nitrogen and oxygen atoms in total. The molecule has 0 aliphatic rings. The van der Waals surface area contributed by atoms with Crippen molar-refractivity contribution < 1.29 is 0 Å². The predicted octanol–water partition coefficient (Wildman–Crippen LogP) is 3.35. The number of fused-ring (bicyclic) bond motifs is 1. The largest absolute Gasteiger partial charge is 0.331 e. The van der Waals surface area contributed by atoms with Crippen LogP contribution in [0.2, 0.25) is 0 Å². The van der Waals surface area contributed by atoms with Gasteiger partial charge in [0.2, 0.25) is 0 Å². The van der Waals surface area contributed by atoms with Gasteiger partial charge in [-0.05, 0) is 49.9 Å². The van der Waals surface area contributed by atoms with Gasteiger partial charge < -0.3 is 4.57 Å². The fourth-order valence-corrected chi connectivity index (χ4v) is 1.98. The molecule has 3 heteroatoms. The summed E-state index contributed by atoms with van der Waals surface area (Å²) < 4.78 is 2.18. The van der Waals surface area contributed by atoms with Crippen LogP contribution in [0.5, 0.6) is 0 Å². The maximum atomic E-state index is 8.49. The fraction of sp³-hybridized carbons (Fsp3) is 0.429. The van der Waals surface area contributed by atoms with Crippen molar-refractivity contribution in [2.24, 2.45) is 0 Å². The first-order valence-corrected chi connectivity index (χ1v) is 6.01. The molecule has 0 radical (unpaired) electrons. The molecule has 0 atom stereocenters. The average molecular weight is 227 g/mol. The van der Waals surface area contributed by atoms with Gasteiger partial charge in [0.1, 0.15) is 0 Å². The van der Waals surface area contributed by atoms with Crippen molar-refractivity contribution in [1.82, 2.24) is 9.55 Å². The van der Waals surface area contributed by atoms with Crippen LogP contribution in [0.25, 0.3) is 11.0 Å². The highest BCUT2D eigenvalue weighted by atomic mass is 15.0. The van der Waals surface area contributed by atoms with Crippen LogP contribution in [0.15, 0.2) is 18.5 Å². The Bertz CT molecular complexity index is 561. The third-order valence-corrected chi connectivity index (χ3v) is 3.17. The summed E-state index contributed by atoms with van der Waals surface area (Å²) in [4.78, 5) is 4.42. The summed E-state index contributed by atoms with van der Waals surface area (Å²) in [6.45, 7) is 5.18. The van der Waals surface area contributed by atoms with Gasteiger partial charge >= 0.3 is 0 Å². The molecule has 88 valence electrons. The van der Waals surface area contributed by atoms with Gasteiger partial charge in [0.25, 0.3) is 0 Å². The number of nitriles is 1. The Morgan fingerprint density at radius 1 is 1.24 bits per heavy atom. The van der Waals surface area contributed by atoms with Crippen LogP contribution in [0.1, 0.15) is 30.4 Å². The predicted molar refractivity (Wildman–Crippen MR) is 68.7 cm³/mol. The van der Waals surface area contributed by atoms with E-state index in [1.54, 1.807) is 0 Å². The second-order valence-corrected chi connectivity index (χ2v) is 4.48. The third kappa shape index (κ3) is 2.47. The molecule has 1 aromatic heterocycles. The lowest BCUT2D eigenvalue weighted by Crippen LogP contribution is -1.96. The van der Waals surface area contributed by atoms with Crippen LogP contribution in [-0.4, -0.2) is 9.55 Å². The summed E-state index contributed by atoms with van der Waals surface area (Å²) in [5.74, 6) is 0. The van der Waals surface area contributed by atoms with Gasteiger partial charge in [-0.25, -0.2) is 4.98 Å². The Morgan fingerprint density at radius 2 is 2.00 bits per heavy atom. The van der Waals surface area contributed by atoms with Crippen LogP contribution in [0.4, 0.5) is 0 Å². The van der Waals surface area contributed by atoms with Crippen LogP contribution in [0, 0.1) is 25.2 Å². The van der Waals surface area contributed by atoms with E-state index in [0.29, 0.717) is 6.42 Å². The summed E-state index contributed by atoms with van der Waals surface area (Å²) in [6, 6.07) is 6.51. The molecule has 0 saturated heterocycles. The zero-order valence-corrected chi connectivity index (χ0v) is 10.4. The normalized spacial score (nSPS) is 10.6. The van der Waals surface area contributed by atoms with E-state index in [2.05, 4.69) is 41.6 Å². The molecule has 0 N–H and O–H groups in total. The first kappa shape index (κ1) is 11.7. The van der Waals surface area contributed by atoms with E-state index in [1.165, 1.54) is 16.6 Å². The van der Waals surface area contributed by atoms with E-state index in [4.69, 9.17) is 5.26 Å². The maximum absolute atomic E-state index is 8.49. The van der Waals surface area contributed by atoms with Crippen LogP contribution in [-0.2, 0) is 6.54 Å². The number of imidazole rings is 1. The number of hydrogen-bond donors (Lipinski definition) is 0. The van der Waals surface area contributed by atoms with E-state index in [1.807, 2.05) is 6.33 Å². The zero-order valence-electron chi connectivity index (χ0n) is 10.4. The molecule has 0 unspecified atom stereocenters. The molecule has 0 fully saturated rings. The molecule has 0 bridgehead atoms. The number of nitrogens with zero attached hydrogens (tertiary/aromatic N) is 3. The molecule has 0 aliphatic heterocycles. The first-order valence-electron chi connectivity index (χ1n) is 6.01. The summed E-state index contributed by atoms with van der Waals surface area (Å²) in [6.07, 6.45) is 4.54. The lowest BCUT2D eigenvalue weighted by Gasteiger charge is -2.05. The molecule has 1 aromatic carbocycles. The molecule has 0 saturated carbocycles. The minimum absolute atomic E-state index is 0.644. The highest BCUT2D eigenvalue weighted by Gasteiger charge is 2.04. The van der Waals surface area contributed by atoms with Crippen molar-refractivity contribution in [3.8, 4) is 6.07 Å². The highest BCUT2D eigenvalue weighted by molar-refractivity contribution is 5.77. The average Bonchev–Trinajstić information content (AvgIpc) is 2.68. The Kier molecular flexibility index (Phi) is 3.43. The summed E-state index contributed by atoms with van der Waals surface area (Å²) in [5, 5.41) is 8.49. The van der Waals surface area contributed by atoms with Crippen molar-refractivity contribution in [3.63, 3.8) is 0 Å². The number of benzene rings is 1. The molecular formula is C14H17N3. The van der Waals surface area contributed by atoms with E-state index in [9.17, 15) is 0 Å². The van der Waals surface area contributed by atoms with Gasteiger partial charge in [0.05, 0.1) is 23.4 Å². The SMILES string of the molecule is Cc1cc2ncn(CCCCC#N)c2cc1C. The van der Waals surface area contributed by atoms with Gasteiger partial charge in [-0.3, -0.25) is 0 Å². The Morgan fingerprint density at radius 3 is 2.76 bits per heavy atom. The monoisotopic (exact) mass is 227 g/mol. The van der Waals surface area contributed by atoms with Gasteiger partial charge in [-0.2, -0.15) is 5.26 Å². The third-order valence-electron chi connectivity index (χ3n) is 3.17. The molecular weight excluding hydrogens is 210 g/mol. The smallest absolute Gasteiger partial charge is 0.0958 e. The van der Waals surface area contributed by atoms with Crippen molar-refractivity contribution in [1.29, 1.82) is 5.26 Å². The highest BCUT2D eigenvalue weighted by Crippen LogP contribution is 2.18. The van der Waals surface area contributed by atoms with Gasteiger partial charge in [-0.15, -0.1) is 0 Å². The minimum Gasteiger partial charge on any atom is -0.331 e. The number of aryl methyl sites for hydroxylation is 3. The second kappa shape index (κ2) is 5.01. The van der Waals surface area contributed by atoms with Crippen LogP contribution in [0.3, 0.4) is 0 Å². The van der Waals surface area contributed by atoms with Crippen molar-refractivity contribution in [3.05, 3.63) is 29.6 Å². The molecule has 2 rings (SSSR count). The van der Waals surface area contributed by atoms with Crippen molar-refractivity contribution >= 4 is 11.0 Å². The Hall–Kier alpha value is -1.82. The number of aromatic nitrogens is 2.